The van der Waals surface area contributed by atoms with Gasteiger partial charge >= 0.3 is 0 Å². The predicted molar refractivity (Wildman–Crippen MR) is 80.1 cm³/mol. The lowest BCUT2D eigenvalue weighted by atomic mass is 9.77. The molecule has 0 nitrogen and oxygen atoms in total. The molecule has 0 heterocycles. The summed E-state index contributed by atoms with van der Waals surface area (Å²) in [6, 6.07) is 4.69. The summed E-state index contributed by atoms with van der Waals surface area (Å²) in [4.78, 5) is 0. The highest BCUT2D eigenvalue weighted by Gasteiger charge is 2.21. The number of benzene rings is 1. The zero-order valence-corrected chi connectivity index (χ0v) is 12.6. The van der Waals surface area contributed by atoms with Crippen molar-refractivity contribution in [3.05, 3.63) is 34.4 Å². The summed E-state index contributed by atoms with van der Waals surface area (Å²) in [5, 5.41) is 0. The lowest BCUT2D eigenvalue weighted by Gasteiger charge is -2.28. The molecule has 2 rings (SSSR count). The number of hydrogen-bond acceptors (Lipinski definition) is 0. The van der Waals surface area contributed by atoms with Crippen LogP contribution in [-0.4, -0.2) is 0 Å². The Hall–Kier alpha value is -0.780. The van der Waals surface area contributed by atoms with Crippen molar-refractivity contribution in [3.63, 3.8) is 0 Å². The lowest BCUT2D eigenvalue weighted by Crippen LogP contribution is -2.16. The highest BCUT2D eigenvalue weighted by Crippen LogP contribution is 2.33. The van der Waals surface area contributed by atoms with E-state index >= 15 is 0 Å². The van der Waals surface area contributed by atoms with Gasteiger partial charge in [0.25, 0.3) is 0 Å². The minimum atomic E-state index is 0.938. The Balaban J connectivity index is 2.02. The molecule has 0 bridgehead atoms. The summed E-state index contributed by atoms with van der Waals surface area (Å²) in [5.74, 6) is 1.95. The Bertz CT molecular complexity index is 371. The van der Waals surface area contributed by atoms with Crippen molar-refractivity contribution in [2.24, 2.45) is 11.8 Å². The largest absolute Gasteiger partial charge is 0.0651 e. The van der Waals surface area contributed by atoms with Crippen molar-refractivity contribution in [1.29, 1.82) is 0 Å². The van der Waals surface area contributed by atoms with E-state index in [1.165, 1.54) is 55.2 Å². The van der Waals surface area contributed by atoms with Gasteiger partial charge in [-0.1, -0.05) is 43.9 Å². The van der Waals surface area contributed by atoms with Gasteiger partial charge in [-0.25, -0.2) is 0 Å². The predicted octanol–water partition coefficient (Wildman–Crippen LogP) is 5.37. The molecule has 1 fully saturated rings. The average molecular weight is 244 g/mol. The van der Waals surface area contributed by atoms with Crippen LogP contribution in [0.15, 0.2) is 12.1 Å². The SMILES string of the molecule is CCC1CCC(Cc2c(C)cc(C)cc2C)CC1. The van der Waals surface area contributed by atoms with Crippen LogP contribution < -0.4 is 0 Å². The molecule has 1 saturated carbocycles. The highest BCUT2D eigenvalue weighted by atomic mass is 14.3. The van der Waals surface area contributed by atoms with Crippen LogP contribution in [0.5, 0.6) is 0 Å². The molecule has 0 unspecified atom stereocenters. The van der Waals surface area contributed by atoms with Gasteiger partial charge in [0.05, 0.1) is 0 Å². The molecule has 1 aromatic carbocycles. The van der Waals surface area contributed by atoms with Crippen LogP contribution in [-0.2, 0) is 6.42 Å². The topological polar surface area (TPSA) is 0 Å². The van der Waals surface area contributed by atoms with E-state index in [1.54, 1.807) is 5.56 Å². The smallest absolute Gasteiger partial charge is 0.0245 e. The van der Waals surface area contributed by atoms with Gasteiger partial charge in [0.2, 0.25) is 0 Å². The lowest BCUT2D eigenvalue weighted by molar-refractivity contribution is 0.268. The van der Waals surface area contributed by atoms with Crippen molar-refractivity contribution >= 4 is 0 Å². The van der Waals surface area contributed by atoms with Crippen molar-refractivity contribution < 1.29 is 0 Å². The first-order valence-corrected chi connectivity index (χ1v) is 7.66. The summed E-state index contributed by atoms with van der Waals surface area (Å²) in [5.41, 5.74) is 6.04. The van der Waals surface area contributed by atoms with Gasteiger partial charge in [-0.2, -0.15) is 0 Å². The van der Waals surface area contributed by atoms with Crippen molar-refractivity contribution in [3.8, 4) is 0 Å². The number of rotatable bonds is 3. The molecule has 100 valence electrons. The zero-order chi connectivity index (χ0) is 13.1. The van der Waals surface area contributed by atoms with E-state index in [0.29, 0.717) is 0 Å². The number of aryl methyl sites for hydroxylation is 3. The molecule has 0 aliphatic heterocycles. The number of hydrogen-bond donors (Lipinski definition) is 0. The standard InChI is InChI=1S/C18H28/c1-5-16-6-8-17(9-7-16)12-18-14(3)10-13(2)11-15(18)4/h10-11,16-17H,5-9,12H2,1-4H3. The van der Waals surface area contributed by atoms with E-state index in [4.69, 9.17) is 0 Å². The van der Waals surface area contributed by atoms with E-state index in [2.05, 4.69) is 39.8 Å². The molecule has 1 aliphatic carbocycles. The monoisotopic (exact) mass is 244 g/mol. The van der Waals surface area contributed by atoms with Gasteiger partial charge in [0, 0.05) is 0 Å². The third-order valence-electron chi connectivity index (χ3n) is 4.88. The molecule has 0 spiro atoms. The van der Waals surface area contributed by atoms with Crippen molar-refractivity contribution in [2.75, 3.05) is 0 Å². The summed E-state index contributed by atoms with van der Waals surface area (Å²) in [6.45, 7) is 9.12. The summed E-state index contributed by atoms with van der Waals surface area (Å²) in [6.07, 6.45) is 8.52. The fourth-order valence-electron chi connectivity index (χ4n) is 3.66. The second-order valence-electron chi connectivity index (χ2n) is 6.38. The molecular weight excluding hydrogens is 216 g/mol. The zero-order valence-electron chi connectivity index (χ0n) is 12.6. The first-order valence-electron chi connectivity index (χ1n) is 7.66. The first-order chi connectivity index (χ1) is 8.60. The Kier molecular flexibility index (Phi) is 4.48. The molecule has 0 amide bonds. The Morgan fingerprint density at radius 1 is 0.889 bits per heavy atom. The second kappa shape index (κ2) is 5.91. The normalized spacial score (nSPS) is 24.2. The highest BCUT2D eigenvalue weighted by molar-refractivity contribution is 5.37. The fourth-order valence-corrected chi connectivity index (χ4v) is 3.66. The molecular formula is C18H28. The van der Waals surface area contributed by atoms with Gasteiger partial charge < -0.3 is 0 Å². The minimum Gasteiger partial charge on any atom is -0.0651 e. The molecule has 1 aromatic rings. The maximum atomic E-state index is 2.35. The van der Waals surface area contributed by atoms with Crippen LogP contribution in [0.1, 0.15) is 61.3 Å². The first kappa shape index (κ1) is 13.6. The Labute approximate surface area is 113 Å². The average Bonchev–Trinajstić information content (AvgIpc) is 2.34. The maximum absolute atomic E-state index is 2.35. The Morgan fingerprint density at radius 2 is 1.39 bits per heavy atom. The van der Waals surface area contributed by atoms with Crippen LogP contribution in [0, 0.1) is 32.6 Å². The maximum Gasteiger partial charge on any atom is -0.0245 e. The van der Waals surface area contributed by atoms with Crippen LogP contribution in [0.25, 0.3) is 0 Å². The molecule has 0 radical (unpaired) electrons. The van der Waals surface area contributed by atoms with Gasteiger partial charge in [-0.3, -0.25) is 0 Å². The van der Waals surface area contributed by atoms with E-state index < -0.39 is 0 Å². The van der Waals surface area contributed by atoms with Crippen molar-refractivity contribution in [2.45, 2.75) is 66.2 Å². The molecule has 18 heavy (non-hydrogen) atoms. The third kappa shape index (κ3) is 3.16. The van der Waals surface area contributed by atoms with E-state index in [9.17, 15) is 0 Å². The van der Waals surface area contributed by atoms with E-state index in [-0.39, 0.29) is 0 Å². The van der Waals surface area contributed by atoms with Crippen molar-refractivity contribution in [1.82, 2.24) is 0 Å². The molecule has 0 atom stereocenters. The van der Waals surface area contributed by atoms with Crippen LogP contribution in [0.4, 0.5) is 0 Å². The summed E-state index contributed by atoms with van der Waals surface area (Å²) >= 11 is 0. The summed E-state index contributed by atoms with van der Waals surface area (Å²) < 4.78 is 0. The Morgan fingerprint density at radius 3 is 1.89 bits per heavy atom. The van der Waals surface area contributed by atoms with Gasteiger partial charge in [-0.05, 0) is 68.6 Å². The van der Waals surface area contributed by atoms with Crippen LogP contribution in [0.2, 0.25) is 0 Å². The van der Waals surface area contributed by atoms with E-state index in [0.717, 1.165) is 11.8 Å². The molecule has 0 heteroatoms. The minimum absolute atomic E-state index is 0.938. The van der Waals surface area contributed by atoms with E-state index in [1.807, 2.05) is 0 Å². The molecule has 1 aliphatic rings. The second-order valence-corrected chi connectivity index (χ2v) is 6.38. The van der Waals surface area contributed by atoms with Gasteiger partial charge in [0.15, 0.2) is 0 Å². The summed E-state index contributed by atoms with van der Waals surface area (Å²) in [7, 11) is 0. The fraction of sp³-hybridized carbons (Fsp3) is 0.667. The van der Waals surface area contributed by atoms with Crippen LogP contribution >= 0.6 is 0 Å². The van der Waals surface area contributed by atoms with Crippen LogP contribution in [0.3, 0.4) is 0 Å². The molecule has 0 saturated heterocycles. The quantitative estimate of drug-likeness (QED) is 0.670. The van der Waals surface area contributed by atoms with Gasteiger partial charge in [-0.15, -0.1) is 0 Å². The molecule has 0 N–H and O–H groups in total. The molecule has 0 aromatic heterocycles. The van der Waals surface area contributed by atoms with Gasteiger partial charge in [0.1, 0.15) is 0 Å². The third-order valence-corrected chi connectivity index (χ3v) is 4.88.